The highest BCUT2D eigenvalue weighted by atomic mass is 16.5. The van der Waals surface area contributed by atoms with Gasteiger partial charge in [0.05, 0.1) is 5.69 Å². The van der Waals surface area contributed by atoms with Gasteiger partial charge in [-0.15, -0.1) is 0 Å². The van der Waals surface area contributed by atoms with Crippen molar-refractivity contribution >= 4 is 12.0 Å². The molecule has 0 radical (unpaired) electrons. The lowest BCUT2D eigenvalue weighted by molar-refractivity contribution is 0.0690. The third-order valence-electron chi connectivity index (χ3n) is 2.54. The molecule has 2 heterocycles. The number of carboxylic acid groups (broad SMARTS) is 1. The molecular formula is C11H13N3O4. The Kier molecular flexibility index (Phi) is 3.31. The minimum atomic E-state index is -1.12. The number of oxazole rings is 1. The average Bonchev–Trinajstić information content (AvgIpc) is 2.93. The van der Waals surface area contributed by atoms with Crippen molar-refractivity contribution in [2.75, 3.05) is 5.32 Å². The predicted molar refractivity (Wildman–Crippen MR) is 61.4 cm³/mol. The van der Waals surface area contributed by atoms with E-state index in [4.69, 9.17) is 14.0 Å². The zero-order valence-corrected chi connectivity index (χ0v) is 10.1. The van der Waals surface area contributed by atoms with Crippen LogP contribution in [0.3, 0.4) is 0 Å². The molecule has 0 bridgehead atoms. The predicted octanol–water partition coefficient (Wildman–Crippen LogP) is 1.84. The molecule has 0 spiro atoms. The van der Waals surface area contributed by atoms with Crippen LogP contribution in [0.5, 0.6) is 0 Å². The van der Waals surface area contributed by atoms with E-state index in [2.05, 4.69) is 15.5 Å². The van der Waals surface area contributed by atoms with E-state index >= 15 is 0 Å². The highest BCUT2D eigenvalue weighted by Gasteiger charge is 2.13. The fourth-order valence-electron chi connectivity index (χ4n) is 1.56. The van der Waals surface area contributed by atoms with Crippen molar-refractivity contribution in [2.45, 2.75) is 26.8 Å². The quantitative estimate of drug-likeness (QED) is 0.835. The fraction of sp³-hybridized carbons (Fsp3) is 0.364. The first-order valence-corrected chi connectivity index (χ1v) is 5.48. The van der Waals surface area contributed by atoms with Crippen LogP contribution in [0.2, 0.25) is 0 Å². The van der Waals surface area contributed by atoms with Crippen LogP contribution in [0.4, 0.5) is 6.01 Å². The zero-order chi connectivity index (χ0) is 13.1. The topological polar surface area (TPSA) is 101 Å². The van der Waals surface area contributed by atoms with Crippen LogP contribution in [-0.2, 0) is 13.0 Å². The van der Waals surface area contributed by atoms with Crippen LogP contribution in [0.1, 0.15) is 34.4 Å². The first-order chi connectivity index (χ1) is 8.61. The maximum absolute atomic E-state index is 10.6. The molecule has 7 nitrogen and oxygen atoms in total. The Bertz CT molecular complexity index is 558. The summed E-state index contributed by atoms with van der Waals surface area (Å²) < 4.78 is 10.1. The molecule has 96 valence electrons. The van der Waals surface area contributed by atoms with Crippen LogP contribution in [0.15, 0.2) is 15.2 Å². The van der Waals surface area contributed by atoms with E-state index in [1.807, 2.05) is 13.8 Å². The summed E-state index contributed by atoms with van der Waals surface area (Å²) in [5.74, 6) is -0.397. The van der Waals surface area contributed by atoms with Gasteiger partial charge >= 0.3 is 5.97 Å². The Labute approximate surface area is 103 Å². The van der Waals surface area contributed by atoms with Gasteiger partial charge in [0.25, 0.3) is 6.01 Å². The number of hydrogen-bond acceptors (Lipinski definition) is 6. The summed E-state index contributed by atoms with van der Waals surface area (Å²) in [6.07, 6.45) is 1.85. The Morgan fingerprint density at radius 2 is 2.33 bits per heavy atom. The van der Waals surface area contributed by atoms with Gasteiger partial charge in [-0.3, -0.25) is 0 Å². The monoisotopic (exact) mass is 251 g/mol. The lowest BCUT2D eigenvalue weighted by Gasteiger charge is -2.01. The van der Waals surface area contributed by atoms with Crippen molar-refractivity contribution in [3.63, 3.8) is 0 Å². The molecule has 7 heteroatoms. The highest BCUT2D eigenvalue weighted by molar-refractivity contribution is 5.85. The number of aryl methyl sites for hydroxylation is 2. The van der Waals surface area contributed by atoms with Crippen LogP contribution >= 0.6 is 0 Å². The van der Waals surface area contributed by atoms with Gasteiger partial charge in [0.2, 0.25) is 0 Å². The van der Waals surface area contributed by atoms with E-state index in [0.717, 1.165) is 29.7 Å². The molecule has 0 saturated heterocycles. The molecule has 2 rings (SSSR count). The molecule has 0 aliphatic rings. The molecule has 18 heavy (non-hydrogen) atoms. The number of carbonyl (C=O) groups is 1. The number of nitrogens with zero attached hydrogens (tertiary/aromatic N) is 2. The molecule has 2 N–H and O–H groups in total. The van der Waals surface area contributed by atoms with Crippen molar-refractivity contribution in [3.8, 4) is 0 Å². The van der Waals surface area contributed by atoms with Gasteiger partial charge < -0.3 is 19.4 Å². The average molecular weight is 251 g/mol. The molecule has 0 unspecified atom stereocenters. The summed E-state index contributed by atoms with van der Waals surface area (Å²) in [5.41, 5.74) is 1.67. The van der Waals surface area contributed by atoms with E-state index in [0.29, 0.717) is 6.54 Å². The van der Waals surface area contributed by atoms with Crippen molar-refractivity contribution in [2.24, 2.45) is 0 Å². The standard InChI is InChI=1S/C11H13N3O4/c1-3-8-7(6(2)18-14-8)4-12-11-13-9(5-17-11)10(15)16/h5H,3-4H2,1-2H3,(H,12,13)(H,15,16). The molecule has 2 aromatic heterocycles. The number of anilines is 1. The summed E-state index contributed by atoms with van der Waals surface area (Å²) in [6, 6.07) is 0.162. The summed E-state index contributed by atoms with van der Waals surface area (Å²) in [6.45, 7) is 4.23. The normalized spacial score (nSPS) is 10.6. The summed E-state index contributed by atoms with van der Waals surface area (Å²) in [7, 11) is 0. The first kappa shape index (κ1) is 12.2. The van der Waals surface area contributed by atoms with Gasteiger partial charge in [-0.25, -0.2) is 4.79 Å². The van der Waals surface area contributed by atoms with Gasteiger partial charge in [-0.2, -0.15) is 4.98 Å². The second-order valence-electron chi connectivity index (χ2n) is 3.71. The number of carboxylic acids is 1. The lowest BCUT2D eigenvalue weighted by atomic mass is 10.1. The third kappa shape index (κ3) is 2.34. The van der Waals surface area contributed by atoms with Crippen molar-refractivity contribution in [1.29, 1.82) is 0 Å². The largest absolute Gasteiger partial charge is 0.476 e. The van der Waals surface area contributed by atoms with Crippen molar-refractivity contribution in [3.05, 3.63) is 29.0 Å². The van der Waals surface area contributed by atoms with Gasteiger partial charge in [-0.05, 0) is 13.3 Å². The maximum Gasteiger partial charge on any atom is 0.357 e. The van der Waals surface area contributed by atoms with E-state index < -0.39 is 5.97 Å². The van der Waals surface area contributed by atoms with Crippen LogP contribution < -0.4 is 5.32 Å². The maximum atomic E-state index is 10.6. The molecule has 0 amide bonds. The number of hydrogen-bond donors (Lipinski definition) is 2. The van der Waals surface area contributed by atoms with Crippen LogP contribution in [-0.4, -0.2) is 21.2 Å². The van der Waals surface area contributed by atoms with E-state index in [1.54, 1.807) is 0 Å². The number of aromatic carboxylic acids is 1. The summed E-state index contributed by atoms with van der Waals surface area (Å²) in [5, 5.41) is 15.5. The van der Waals surface area contributed by atoms with Gasteiger partial charge in [0.1, 0.15) is 12.0 Å². The minimum Gasteiger partial charge on any atom is -0.476 e. The molecule has 0 aliphatic heterocycles. The number of nitrogens with one attached hydrogen (secondary N) is 1. The van der Waals surface area contributed by atoms with Crippen LogP contribution in [0.25, 0.3) is 0 Å². The fourth-order valence-corrected chi connectivity index (χ4v) is 1.56. The minimum absolute atomic E-state index is 0.129. The Hall–Kier alpha value is -2.31. The molecule has 0 aliphatic carbocycles. The molecular weight excluding hydrogens is 238 g/mol. The highest BCUT2D eigenvalue weighted by Crippen LogP contribution is 2.16. The number of rotatable bonds is 5. The molecule has 0 aromatic carbocycles. The smallest absolute Gasteiger partial charge is 0.357 e. The van der Waals surface area contributed by atoms with Gasteiger partial charge in [-0.1, -0.05) is 12.1 Å². The van der Waals surface area contributed by atoms with Crippen molar-refractivity contribution in [1.82, 2.24) is 10.1 Å². The second kappa shape index (κ2) is 4.91. The Morgan fingerprint density at radius 1 is 1.56 bits per heavy atom. The Morgan fingerprint density at radius 3 is 2.94 bits per heavy atom. The lowest BCUT2D eigenvalue weighted by Crippen LogP contribution is -2.03. The molecule has 0 saturated carbocycles. The molecule has 0 fully saturated rings. The van der Waals surface area contributed by atoms with Crippen molar-refractivity contribution < 1.29 is 18.8 Å². The van der Waals surface area contributed by atoms with Crippen LogP contribution in [0, 0.1) is 6.92 Å². The molecule has 2 aromatic rings. The van der Waals surface area contributed by atoms with E-state index in [9.17, 15) is 4.79 Å². The molecule has 0 atom stereocenters. The first-order valence-electron chi connectivity index (χ1n) is 5.48. The van der Waals surface area contributed by atoms with Gasteiger partial charge in [0, 0.05) is 12.1 Å². The van der Waals surface area contributed by atoms with E-state index in [1.165, 1.54) is 0 Å². The van der Waals surface area contributed by atoms with Gasteiger partial charge in [0.15, 0.2) is 5.69 Å². The second-order valence-corrected chi connectivity index (χ2v) is 3.71. The SMILES string of the molecule is CCc1noc(C)c1CNc1nc(C(=O)O)co1. The zero-order valence-electron chi connectivity index (χ0n) is 10.1. The Balaban J connectivity index is 2.06. The number of aromatic nitrogens is 2. The summed E-state index contributed by atoms with van der Waals surface area (Å²) in [4.78, 5) is 14.4. The van der Waals surface area contributed by atoms with E-state index in [-0.39, 0.29) is 11.7 Å². The third-order valence-corrected chi connectivity index (χ3v) is 2.54. The summed E-state index contributed by atoms with van der Waals surface area (Å²) >= 11 is 0.